The summed E-state index contributed by atoms with van der Waals surface area (Å²) in [5, 5.41) is 19.0. The van der Waals surface area contributed by atoms with Crippen molar-refractivity contribution in [1.82, 2.24) is 14.7 Å². The molecule has 2 N–H and O–H groups in total. The normalized spacial score (nSPS) is 25.4. The summed E-state index contributed by atoms with van der Waals surface area (Å²) in [4.78, 5) is 28.7. The predicted octanol–water partition coefficient (Wildman–Crippen LogP) is 6.65. The number of benzene rings is 3. The fourth-order valence-corrected chi connectivity index (χ4v) is 8.11. The minimum atomic E-state index is -1.24. The molecule has 8 rings (SSSR count). The lowest BCUT2D eigenvalue weighted by molar-refractivity contribution is -0.128. The van der Waals surface area contributed by atoms with Crippen molar-refractivity contribution >= 4 is 51.7 Å². The quantitative estimate of drug-likeness (QED) is 0.259. The molecule has 1 aromatic heterocycles. The number of carbonyl (C=O) groups excluding carboxylic acids is 1. The van der Waals surface area contributed by atoms with Crippen molar-refractivity contribution in [2.45, 2.75) is 50.2 Å². The highest BCUT2D eigenvalue weighted by atomic mass is 35.5. The zero-order valence-corrected chi connectivity index (χ0v) is 23.9. The zero-order valence-electron chi connectivity index (χ0n) is 22.4. The van der Waals surface area contributed by atoms with E-state index in [1.54, 1.807) is 30.3 Å². The molecule has 4 aromatic rings. The molecule has 11 heteroatoms. The Balaban J connectivity index is 0.00000300. The molecule has 1 amide bonds. The molecular weight excluding hydrogens is 594 g/mol. The van der Waals surface area contributed by atoms with E-state index in [0.717, 1.165) is 29.5 Å². The van der Waals surface area contributed by atoms with Gasteiger partial charge in [0.1, 0.15) is 22.4 Å². The molecule has 2 fully saturated rings. The molecule has 222 valence electrons. The average molecular weight is 624 g/mol. The highest BCUT2D eigenvalue weighted by Gasteiger charge is 2.69. The number of methoxy groups -OCH3 is 1. The molecule has 3 aromatic carbocycles. The number of hydrogen-bond acceptors (Lipinski definition) is 5. The number of hydrogen-bond donors (Lipinski definition) is 2. The number of amides is 1. The smallest absolute Gasteiger partial charge is 0.339 e. The Labute approximate surface area is 257 Å². The van der Waals surface area contributed by atoms with Gasteiger partial charge in [0, 0.05) is 52.3 Å². The molecular formula is C32H29Cl2FN4O4. The molecule has 0 unspecified atom stereocenters. The molecule has 0 bridgehead atoms. The Bertz CT molecular complexity index is 1860. The predicted molar refractivity (Wildman–Crippen MR) is 162 cm³/mol. The summed E-state index contributed by atoms with van der Waals surface area (Å²) in [7, 11) is 1.42. The zero-order chi connectivity index (χ0) is 29.1. The number of fused-ring (bicyclic) bond motifs is 7. The lowest BCUT2D eigenvalue weighted by Crippen LogP contribution is -2.53. The third-order valence-corrected chi connectivity index (χ3v) is 10.1. The monoisotopic (exact) mass is 622 g/mol. The van der Waals surface area contributed by atoms with E-state index in [9.17, 15) is 14.7 Å². The first-order chi connectivity index (χ1) is 20.2. The van der Waals surface area contributed by atoms with Crippen LogP contribution in [0.25, 0.3) is 10.9 Å². The number of nitrogens with zero attached hydrogens (tertiary/aromatic N) is 3. The van der Waals surface area contributed by atoms with Crippen LogP contribution >= 0.6 is 23.2 Å². The maximum atomic E-state index is 16.1. The Hall–Kier alpha value is -3.66. The lowest BCUT2D eigenvalue weighted by atomic mass is 9.73. The third-order valence-electron chi connectivity index (χ3n) is 9.54. The summed E-state index contributed by atoms with van der Waals surface area (Å²) in [6.07, 6.45) is 2.68. The van der Waals surface area contributed by atoms with E-state index < -0.39 is 29.3 Å². The summed E-state index contributed by atoms with van der Waals surface area (Å²) < 4.78 is 23.6. The van der Waals surface area contributed by atoms with Crippen LogP contribution < -0.4 is 10.1 Å². The van der Waals surface area contributed by atoms with Crippen LogP contribution in [0.1, 0.15) is 59.4 Å². The van der Waals surface area contributed by atoms with E-state index >= 15 is 4.39 Å². The van der Waals surface area contributed by atoms with Crippen molar-refractivity contribution in [3.63, 3.8) is 0 Å². The third kappa shape index (κ3) is 3.68. The van der Waals surface area contributed by atoms with E-state index in [-0.39, 0.29) is 35.7 Å². The van der Waals surface area contributed by atoms with Gasteiger partial charge >= 0.3 is 5.97 Å². The number of ether oxygens (including phenoxy) is 1. The Morgan fingerprint density at radius 2 is 2.00 bits per heavy atom. The number of aromatic nitrogens is 2. The van der Waals surface area contributed by atoms with Crippen LogP contribution in [0.15, 0.2) is 48.5 Å². The number of aromatic carboxylic acids is 1. The summed E-state index contributed by atoms with van der Waals surface area (Å²) >= 11 is 12.7. The van der Waals surface area contributed by atoms with Gasteiger partial charge in [0.2, 0.25) is 5.91 Å². The Morgan fingerprint density at radius 1 is 1.21 bits per heavy atom. The second kappa shape index (κ2) is 9.67. The van der Waals surface area contributed by atoms with Gasteiger partial charge in [-0.05, 0) is 54.7 Å². The fraction of sp³-hybridized carbons (Fsp3) is 0.344. The van der Waals surface area contributed by atoms with Crippen LogP contribution in [0.4, 0.5) is 10.1 Å². The number of nitrogens with one attached hydrogen (secondary N) is 1. The number of carboxylic acids is 1. The number of likely N-dealkylation sites (tertiary alicyclic amines) is 1. The van der Waals surface area contributed by atoms with Crippen molar-refractivity contribution in [2.75, 3.05) is 19.0 Å². The van der Waals surface area contributed by atoms with Crippen molar-refractivity contribution < 1.29 is 23.8 Å². The van der Waals surface area contributed by atoms with Crippen LogP contribution in [0.3, 0.4) is 0 Å². The van der Waals surface area contributed by atoms with Crippen LogP contribution in [-0.2, 0) is 16.8 Å². The first-order valence-corrected chi connectivity index (χ1v) is 14.6. The van der Waals surface area contributed by atoms with E-state index in [0.29, 0.717) is 40.7 Å². The first kappa shape index (κ1) is 28.1. The summed E-state index contributed by atoms with van der Waals surface area (Å²) in [6, 6.07) is 12.9. The second-order valence-electron chi connectivity index (χ2n) is 11.6. The summed E-state index contributed by atoms with van der Waals surface area (Å²) in [6.45, 7) is 0.671. The van der Waals surface area contributed by atoms with Gasteiger partial charge in [0.25, 0.3) is 0 Å². The van der Waals surface area contributed by atoms with Gasteiger partial charge in [0.05, 0.1) is 18.2 Å². The first-order valence-electron chi connectivity index (χ1n) is 13.9. The van der Waals surface area contributed by atoms with Crippen molar-refractivity contribution in [1.29, 1.82) is 0 Å². The fourth-order valence-electron chi connectivity index (χ4n) is 7.76. The number of carboxylic acid groups (broad SMARTS) is 1. The van der Waals surface area contributed by atoms with Crippen molar-refractivity contribution in [2.24, 2.45) is 5.92 Å². The SMILES string of the molecule is C.COc1c(C(=O)O)ccc2c3n(nc12)[C@@H]1[C@H](C3)N(CC2CC2)[C@@]2(C(=O)Nc3cc(Cl)ccc32)[C@H]1c1cccc(Cl)c1F. The molecule has 1 spiro atoms. The van der Waals surface area contributed by atoms with E-state index in [4.69, 9.17) is 33.0 Å². The summed E-state index contributed by atoms with van der Waals surface area (Å²) in [5.74, 6) is -2.03. The van der Waals surface area contributed by atoms with Crippen LogP contribution in [0, 0.1) is 11.7 Å². The molecule has 4 atom stereocenters. The van der Waals surface area contributed by atoms with Gasteiger partial charge in [-0.15, -0.1) is 0 Å². The van der Waals surface area contributed by atoms with Crippen LogP contribution in [-0.4, -0.2) is 51.4 Å². The second-order valence-corrected chi connectivity index (χ2v) is 12.5. The standard InChI is InChI=1S/C31H25Cl2FN4O4.CH4/c1-42-28-18(29(39)40)9-8-16-22-12-23-27(38(22)36-26(16)28)24(17-3-2-4-20(33)25(17)34)31(37(23)13-14-5-6-14)19-10-7-15(32)11-21(19)35-30(31)41;/h2-4,7-11,14,23-24,27H,5-6,12-13H2,1H3,(H,35,41)(H,39,40);1H4/t23-,24-,27+,31+;/m0./s1. The molecule has 0 radical (unpaired) electrons. The lowest BCUT2D eigenvalue weighted by Gasteiger charge is -2.40. The number of rotatable bonds is 5. The molecule has 1 saturated heterocycles. The van der Waals surface area contributed by atoms with Crippen LogP contribution in [0.5, 0.6) is 5.75 Å². The van der Waals surface area contributed by atoms with Gasteiger partial charge in [-0.1, -0.05) is 48.8 Å². The number of anilines is 1. The minimum Gasteiger partial charge on any atom is -0.493 e. The topological polar surface area (TPSA) is 96.7 Å². The maximum absolute atomic E-state index is 16.1. The van der Waals surface area contributed by atoms with E-state index in [2.05, 4.69) is 10.2 Å². The molecule has 3 aliphatic heterocycles. The average Bonchev–Trinajstić information content (AvgIpc) is 3.40. The van der Waals surface area contributed by atoms with Gasteiger partial charge < -0.3 is 15.2 Å². The van der Waals surface area contributed by atoms with Gasteiger partial charge in [-0.2, -0.15) is 5.10 Å². The molecule has 8 nitrogen and oxygen atoms in total. The van der Waals surface area contributed by atoms with Gasteiger partial charge in [-0.25, -0.2) is 9.18 Å². The summed E-state index contributed by atoms with van der Waals surface area (Å²) in [5.41, 5.74) is 1.78. The molecule has 1 aliphatic carbocycles. The van der Waals surface area contributed by atoms with Gasteiger partial charge in [0.15, 0.2) is 5.75 Å². The van der Waals surface area contributed by atoms with E-state index in [1.807, 2.05) is 10.7 Å². The molecule has 4 heterocycles. The highest BCUT2D eigenvalue weighted by Crippen LogP contribution is 2.64. The van der Waals surface area contributed by atoms with Gasteiger partial charge in [-0.3, -0.25) is 14.4 Å². The number of halogens is 3. The highest BCUT2D eigenvalue weighted by molar-refractivity contribution is 6.31. The Kier molecular flexibility index (Phi) is 6.33. The Morgan fingerprint density at radius 3 is 2.72 bits per heavy atom. The van der Waals surface area contributed by atoms with E-state index in [1.165, 1.54) is 19.2 Å². The van der Waals surface area contributed by atoms with Crippen molar-refractivity contribution in [3.05, 3.63) is 86.8 Å². The maximum Gasteiger partial charge on any atom is 0.339 e. The minimum absolute atomic E-state index is 0. The number of carbonyl (C=O) groups is 2. The molecule has 1 saturated carbocycles. The van der Waals surface area contributed by atoms with Crippen LogP contribution in [0.2, 0.25) is 10.0 Å². The molecule has 43 heavy (non-hydrogen) atoms. The van der Waals surface area contributed by atoms with Crippen molar-refractivity contribution in [3.8, 4) is 5.75 Å². The largest absolute Gasteiger partial charge is 0.493 e. The molecule has 4 aliphatic rings.